The summed E-state index contributed by atoms with van der Waals surface area (Å²) >= 11 is 0. The fraction of sp³-hybridized carbons (Fsp3) is 0.560. The van der Waals surface area contributed by atoms with E-state index in [0.29, 0.717) is 22.8 Å². The molecule has 5 rings (SSSR count). The topological polar surface area (TPSA) is 142 Å². The largest absolute Gasteiger partial charge is 0.311 e. The van der Waals surface area contributed by atoms with Crippen molar-refractivity contribution in [2.75, 3.05) is 0 Å². The fourth-order valence-electron chi connectivity index (χ4n) is 4.97. The minimum Gasteiger partial charge on any atom is -0.311 e. The lowest BCUT2D eigenvalue weighted by molar-refractivity contribution is -0.223. The van der Waals surface area contributed by atoms with E-state index in [1.54, 1.807) is 46.3 Å². The Balaban J connectivity index is 1.42. The predicted octanol–water partition coefficient (Wildman–Crippen LogP) is 3.36. The molecule has 3 aromatic heterocycles. The van der Waals surface area contributed by atoms with Crippen molar-refractivity contribution in [1.82, 2.24) is 44.8 Å². The van der Waals surface area contributed by atoms with Gasteiger partial charge in [0, 0.05) is 23.5 Å². The lowest BCUT2D eigenvalue weighted by Gasteiger charge is -2.37. The van der Waals surface area contributed by atoms with E-state index in [9.17, 15) is 20.8 Å². The minimum absolute atomic E-state index is 0.506. The van der Waals surface area contributed by atoms with Crippen molar-refractivity contribution in [2.45, 2.75) is 89.9 Å². The lowest BCUT2D eigenvalue weighted by Crippen LogP contribution is -2.52. The first-order valence-electron chi connectivity index (χ1n) is 12.5. The normalized spacial score (nSPS) is 24.5. The van der Waals surface area contributed by atoms with Gasteiger partial charge in [0.1, 0.15) is 12.3 Å². The van der Waals surface area contributed by atoms with Crippen molar-refractivity contribution in [3.8, 4) is 11.6 Å². The smallest absolute Gasteiger partial charge is 0.155 e. The van der Waals surface area contributed by atoms with E-state index in [-0.39, 0.29) is 0 Å². The number of hydrogen-bond donors (Lipinski definition) is 4. The molecule has 38 heavy (non-hydrogen) atoms. The average molecular weight is 528 g/mol. The maximum absolute atomic E-state index is 10.9. The molecule has 0 radical (unpaired) electrons. The van der Waals surface area contributed by atoms with Crippen LogP contribution in [0.3, 0.4) is 0 Å². The third kappa shape index (κ3) is 3.51. The Morgan fingerprint density at radius 3 is 1.21 bits per heavy atom. The molecule has 5 heterocycles. The number of rotatable bonds is 4. The van der Waals surface area contributed by atoms with Crippen LogP contribution >= 0.6 is 0 Å². The molecule has 2 saturated heterocycles. The summed E-state index contributed by atoms with van der Waals surface area (Å²) in [6.45, 7) is 14.9. The number of pyridine rings is 1. The third-order valence-corrected chi connectivity index (χ3v) is 9.20. The van der Waals surface area contributed by atoms with Gasteiger partial charge in [-0.05, 0) is 67.5 Å². The van der Waals surface area contributed by atoms with Crippen LogP contribution in [0.1, 0.15) is 78.8 Å². The van der Waals surface area contributed by atoms with Gasteiger partial charge in [0.15, 0.2) is 11.6 Å². The van der Waals surface area contributed by atoms with Gasteiger partial charge in [0.25, 0.3) is 0 Å². The van der Waals surface area contributed by atoms with Crippen LogP contribution in [0, 0.1) is 0 Å². The summed E-state index contributed by atoms with van der Waals surface area (Å²) in [5, 5.41) is 56.9. The van der Waals surface area contributed by atoms with Crippen LogP contribution in [0.2, 0.25) is 0 Å². The first-order valence-corrected chi connectivity index (χ1v) is 12.5. The molecular formula is C25H37N9O4. The van der Waals surface area contributed by atoms with Gasteiger partial charge in [-0.3, -0.25) is 0 Å². The highest BCUT2D eigenvalue weighted by molar-refractivity contribution is 5.33. The number of hydrogen-bond acceptors (Lipinski definition) is 11. The Hall–Kier alpha value is -2.75. The van der Waals surface area contributed by atoms with E-state index in [4.69, 9.17) is 0 Å². The summed E-state index contributed by atoms with van der Waals surface area (Å²) in [7, 11) is 0. The highest BCUT2D eigenvalue weighted by atomic mass is 16.6. The van der Waals surface area contributed by atoms with Gasteiger partial charge < -0.3 is 20.8 Å². The summed E-state index contributed by atoms with van der Waals surface area (Å²) in [5.41, 5.74) is -1.68. The van der Waals surface area contributed by atoms with E-state index in [1.807, 2.05) is 61.5 Å². The van der Waals surface area contributed by atoms with Crippen LogP contribution in [0.25, 0.3) is 11.6 Å². The van der Waals surface area contributed by atoms with Gasteiger partial charge in [-0.1, -0.05) is 6.07 Å². The van der Waals surface area contributed by atoms with Crippen molar-refractivity contribution in [2.24, 2.45) is 0 Å². The van der Waals surface area contributed by atoms with Crippen molar-refractivity contribution in [1.29, 1.82) is 0 Å². The summed E-state index contributed by atoms with van der Waals surface area (Å²) < 4.78 is 3.13. The molecule has 13 heteroatoms. The number of hydroxylamine groups is 8. The van der Waals surface area contributed by atoms with Crippen LogP contribution in [-0.2, 0) is 0 Å². The molecule has 2 aliphatic rings. The SMILES string of the molecule is CC1(C)N(O)C(c2cnn(-c3cccc(-n4cc(C5N(O)C(C)(C)C(C)(C)N5O)cn4)n3)c2)N(O)C1(C)C. The Kier molecular flexibility index (Phi) is 5.91. The highest BCUT2D eigenvalue weighted by Crippen LogP contribution is 2.48. The first-order chi connectivity index (χ1) is 17.5. The molecule has 2 fully saturated rings. The summed E-state index contributed by atoms with van der Waals surface area (Å²) in [4.78, 5) is 4.68. The quantitative estimate of drug-likeness (QED) is 0.397. The standard InChI is InChI=1S/C25H37N9O4/c1-22(2)23(3,4)32(36)20(31(22)35)16-12-26-29(14-16)18-10-9-11-19(28-18)30-15-17(13-27-30)21-33(37)24(5,6)25(7,8)34(21)38/h9-15,20-21,35-38H,1-8H3. The van der Waals surface area contributed by atoms with Gasteiger partial charge >= 0.3 is 0 Å². The molecule has 0 spiro atoms. The molecule has 0 saturated carbocycles. The Labute approximate surface area is 221 Å². The molecule has 3 aromatic rings. The molecule has 0 bridgehead atoms. The molecule has 2 aliphatic heterocycles. The third-order valence-electron chi connectivity index (χ3n) is 9.20. The van der Waals surface area contributed by atoms with Gasteiger partial charge in [-0.25, -0.2) is 14.3 Å². The Morgan fingerprint density at radius 2 is 0.895 bits per heavy atom. The average Bonchev–Trinajstić information content (AvgIpc) is 3.58. The molecule has 4 N–H and O–H groups in total. The zero-order chi connectivity index (χ0) is 28.0. The maximum Gasteiger partial charge on any atom is 0.155 e. The second kappa shape index (κ2) is 8.37. The van der Waals surface area contributed by atoms with Gasteiger partial charge in [-0.2, -0.15) is 30.5 Å². The van der Waals surface area contributed by atoms with E-state index in [0.717, 1.165) is 20.3 Å². The van der Waals surface area contributed by atoms with Crippen LogP contribution in [0.4, 0.5) is 0 Å². The van der Waals surface area contributed by atoms with E-state index < -0.39 is 34.5 Å². The Bertz CT molecular complexity index is 1210. The monoisotopic (exact) mass is 527 g/mol. The van der Waals surface area contributed by atoms with Crippen LogP contribution in [-0.4, -0.2) is 87.8 Å². The number of nitrogens with zero attached hydrogens (tertiary/aromatic N) is 9. The van der Waals surface area contributed by atoms with Crippen molar-refractivity contribution in [3.05, 3.63) is 54.1 Å². The molecule has 0 atom stereocenters. The molecule has 0 aromatic carbocycles. The second-order valence-corrected chi connectivity index (χ2v) is 12.2. The zero-order valence-electron chi connectivity index (χ0n) is 23.0. The van der Waals surface area contributed by atoms with Crippen LogP contribution < -0.4 is 0 Å². The van der Waals surface area contributed by atoms with Gasteiger partial charge in [0.2, 0.25) is 0 Å². The molecule has 206 valence electrons. The zero-order valence-corrected chi connectivity index (χ0v) is 23.0. The Morgan fingerprint density at radius 1 is 0.579 bits per heavy atom. The van der Waals surface area contributed by atoms with E-state index in [2.05, 4.69) is 15.2 Å². The molecule has 0 aliphatic carbocycles. The molecular weight excluding hydrogens is 490 g/mol. The molecule has 0 unspecified atom stereocenters. The summed E-state index contributed by atoms with van der Waals surface area (Å²) in [6, 6.07) is 5.39. The molecule has 13 nitrogen and oxygen atoms in total. The number of aromatic nitrogens is 5. The van der Waals surface area contributed by atoms with Crippen LogP contribution in [0.15, 0.2) is 43.0 Å². The van der Waals surface area contributed by atoms with Gasteiger partial charge in [0.05, 0.1) is 34.5 Å². The van der Waals surface area contributed by atoms with E-state index >= 15 is 0 Å². The highest BCUT2D eigenvalue weighted by Gasteiger charge is 2.59. The predicted molar refractivity (Wildman–Crippen MR) is 135 cm³/mol. The maximum atomic E-state index is 10.9. The van der Waals surface area contributed by atoms with E-state index in [1.165, 1.54) is 0 Å². The summed E-state index contributed by atoms with van der Waals surface area (Å²) in [6.07, 6.45) is 5.01. The van der Waals surface area contributed by atoms with Crippen LogP contribution in [0.5, 0.6) is 0 Å². The fourth-order valence-corrected chi connectivity index (χ4v) is 4.97. The second-order valence-electron chi connectivity index (χ2n) is 12.2. The van der Waals surface area contributed by atoms with Gasteiger partial charge in [-0.15, -0.1) is 0 Å². The van der Waals surface area contributed by atoms with Crippen molar-refractivity contribution in [3.63, 3.8) is 0 Å². The lowest BCUT2D eigenvalue weighted by atomic mass is 9.84. The van der Waals surface area contributed by atoms with Crippen molar-refractivity contribution >= 4 is 0 Å². The minimum atomic E-state index is -0.798. The summed E-state index contributed by atoms with van der Waals surface area (Å²) in [5.74, 6) is 1.01. The van der Waals surface area contributed by atoms with Crippen molar-refractivity contribution < 1.29 is 20.8 Å². The molecule has 0 amide bonds. The first kappa shape index (κ1) is 26.8.